The first-order chi connectivity index (χ1) is 9.79. The van der Waals surface area contributed by atoms with Gasteiger partial charge >= 0.3 is 0 Å². The smallest absolute Gasteiger partial charge is 0.161 e. The van der Waals surface area contributed by atoms with E-state index in [1.54, 1.807) is 6.20 Å². The van der Waals surface area contributed by atoms with Crippen LogP contribution in [0.3, 0.4) is 0 Å². The number of benzene rings is 1. The van der Waals surface area contributed by atoms with Crippen molar-refractivity contribution < 1.29 is 0 Å². The maximum atomic E-state index is 6.13. The van der Waals surface area contributed by atoms with Crippen molar-refractivity contribution in [2.75, 3.05) is 0 Å². The number of rotatable bonds is 2. The first kappa shape index (κ1) is 11.8. The highest BCUT2D eigenvalue weighted by Crippen LogP contribution is 2.40. The fraction of sp³-hybridized carbons (Fsp3) is 0.188. The van der Waals surface area contributed by atoms with E-state index in [9.17, 15) is 0 Å². The lowest BCUT2D eigenvalue weighted by atomic mass is 10.1. The Kier molecular flexibility index (Phi) is 2.67. The molecule has 4 rings (SSSR count). The predicted octanol–water partition coefficient (Wildman–Crippen LogP) is 4.22. The molecule has 0 amide bonds. The van der Waals surface area contributed by atoms with Gasteiger partial charge in [-0.3, -0.25) is 4.98 Å². The molecular formula is C16H12ClN3. The second-order valence-electron chi connectivity index (χ2n) is 5.12. The normalized spacial score (nSPS) is 14.7. The van der Waals surface area contributed by atoms with Gasteiger partial charge < -0.3 is 0 Å². The number of halogens is 1. The molecule has 98 valence electrons. The summed E-state index contributed by atoms with van der Waals surface area (Å²) in [6, 6.07) is 11.9. The second kappa shape index (κ2) is 4.53. The highest BCUT2D eigenvalue weighted by Gasteiger charge is 2.26. The van der Waals surface area contributed by atoms with E-state index in [0.29, 0.717) is 16.9 Å². The summed E-state index contributed by atoms with van der Waals surface area (Å²) in [6.45, 7) is 0. The topological polar surface area (TPSA) is 38.7 Å². The molecule has 1 aromatic carbocycles. The van der Waals surface area contributed by atoms with Crippen LogP contribution in [0.5, 0.6) is 0 Å². The molecule has 3 aromatic rings. The molecule has 0 atom stereocenters. The van der Waals surface area contributed by atoms with Gasteiger partial charge in [-0.2, -0.15) is 0 Å². The summed E-state index contributed by atoms with van der Waals surface area (Å²) in [4.78, 5) is 13.3. The van der Waals surface area contributed by atoms with Gasteiger partial charge in [0.25, 0.3) is 0 Å². The predicted molar refractivity (Wildman–Crippen MR) is 79.8 cm³/mol. The minimum Gasteiger partial charge on any atom is -0.256 e. The Morgan fingerprint density at radius 1 is 1.05 bits per heavy atom. The lowest BCUT2D eigenvalue weighted by Gasteiger charge is -2.05. The summed E-state index contributed by atoms with van der Waals surface area (Å²) in [5.74, 6) is 1.27. The van der Waals surface area contributed by atoms with E-state index in [-0.39, 0.29) is 0 Å². The van der Waals surface area contributed by atoms with Crippen LogP contribution in [0.1, 0.15) is 24.5 Å². The third kappa shape index (κ3) is 2.14. The standard InChI is InChI=1S/C16H12ClN3/c17-15-9-14(10-3-4-10)19-16(20-15)12-5-6-13-11(8-12)2-1-7-18-13/h1-2,5-10H,3-4H2. The van der Waals surface area contributed by atoms with Gasteiger partial charge in [0.1, 0.15) is 5.15 Å². The number of nitrogens with zero attached hydrogens (tertiary/aromatic N) is 3. The first-order valence-electron chi connectivity index (χ1n) is 6.69. The molecule has 4 heteroatoms. The Hall–Kier alpha value is -2.00. The Balaban J connectivity index is 1.85. The molecule has 3 nitrogen and oxygen atoms in total. The van der Waals surface area contributed by atoms with E-state index in [0.717, 1.165) is 22.2 Å². The lowest BCUT2D eigenvalue weighted by molar-refractivity contribution is 0.994. The molecule has 20 heavy (non-hydrogen) atoms. The first-order valence-corrected chi connectivity index (χ1v) is 7.07. The zero-order valence-electron chi connectivity index (χ0n) is 10.8. The highest BCUT2D eigenvalue weighted by molar-refractivity contribution is 6.29. The van der Waals surface area contributed by atoms with Crippen LogP contribution in [-0.4, -0.2) is 15.0 Å². The Morgan fingerprint density at radius 2 is 1.95 bits per heavy atom. The van der Waals surface area contributed by atoms with Crippen LogP contribution in [-0.2, 0) is 0 Å². The van der Waals surface area contributed by atoms with Crippen molar-refractivity contribution in [1.29, 1.82) is 0 Å². The van der Waals surface area contributed by atoms with Gasteiger partial charge in [-0.25, -0.2) is 9.97 Å². The highest BCUT2D eigenvalue weighted by atomic mass is 35.5. The number of hydrogen-bond acceptors (Lipinski definition) is 3. The SMILES string of the molecule is Clc1cc(C2CC2)nc(-c2ccc3ncccc3c2)n1. The molecular weight excluding hydrogens is 270 g/mol. The van der Waals surface area contributed by atoms with Crippen LogP contribution in [0.2, 0.25) is 5.15 Å². The summed E-state index contributed by atoms with van der Waals surface area (Å²) in [5.41, 5.74) is 3.02. The largest absolute Gasteiger partial charge is 0.256 e. The van der Waals surface area contributed by atoms with E-state index in [1.165, 1.54) is 12.8 Å². The van der Waals surface area contributed by atoms with Gasteiger partial charge in [-0.1, -0.05) is 17.7 Å². The number of hydrogen-bond donors (Lipinski definition) is 0. The van der Waals surface area contributed by atoms with Gasteiger partial charge in [0.2, 0.25) is 0 Å². The molecule has 0 radical (unpaired) electrons. The minimum absolute atomic E-state index is 0.517. The van der Waals surface area contributed by atoms with Crippen LogP contribution in [0.25, 0.3) is 22.3 Å². The second-order valence-corrected chi connectivity index (χ2v) is 5.51. The molecule has 0 aliphatic heterocycles. The van der Waals surface area contributed by atoms with Crippen LogP contribution in [0, 0.1) is 0 Å². The molecule has 0 bridgehead atoms. The lowest BCUT2D eigenvalue weighted by Crippen LogP contribution is -1.95. The zero-order valence-corrected chi connectivity index (χ0v) is 11.5. The minimum atomic E-state index is 0.517. The fourth-order valence-corrected chi connectivity index (χ4v) is 2.56. The van der Waals surface area contributed by atoms with Crippen molar-refractivity contribution in [1.82, 2.24) is 15.0 Å². The third-order valence-electron chi connectivity index (χ3n) is 3.57. The molecule has 1 aliphatic rings. The number of fused-ring (bicyclic) bond motifs is 1. The summed E-state index contributed by atoms with van der Waals surface area (Å²) < 4.78 is 0. The summed E-state index contributed by atoms with van der Waals surface area (Å²) in [7, 11) is 0. The summed E-state index contributed by atoms with van der Waals surface area (Å²) in [6.07, 6.45) is 4.20. The van der Waals surface area contributed by atoms with Gasteiger partial charge in [0, 0.05) is 28.8 Å². The molecule has 1 aliphatic carbocycles. The molecule has 2 heterocycles. The van der Waals surface area contributed by atoms with E-state index in [1.807, 2.05) is 30.3 Å². The molecule has 2 aromatic heterocycles. The Bertz CT molecular complexity index is 797. The molecule has 0 spiro atoms. The molecule has 1 fully saturated rings. The van der Waals surface area contributed by atoms with Crippen molar-refractivity contribution in [3.8, 4) is 11.4 Å². The van der Waals surface area contributed by atoms with Crippen molar-refractivity contribution in [3.63, 3.8) is 0 Å². The third-order valence-corrected chi connectivity index (χ3v) is 3.77. The zero-order chi connectivity index (χ0) is 13.5. The van der Waals surface area contributed by atoms with Crippen LogP contribution < -0.4 is 0 Å². The van der Waals surface area contributed by atoms with Crippen LogP contribution in [0.15, 0.2) is 42.6 Å². The van der Waals surface area contributed by atoms with Gasteiger partial charge in [0.15, 0.2) is 5.82 Å². The maximum absolute atomic E-state index is 6.13. The van der Waals surface area contributed by atoms with E-state index in [4.69, 9.17) is 11.6 Å². The molecule has 0 saturated heterocycles. The van der Waals surface area contributed by atoms with Crippen LogP contribution >= 0.6 is 11.6 Å². The Labute approximate surface area is 121 Å². The average Bonchev–Trinajstić information content (AvgIpc) is 3.31. The quantitative estimate of drug-likeness (QED) is 0.660. The summed E-state index contributed by atoms with van der Waals surface area (Å²) >= 11 is 6.13. The fourth-order valence-electron chi connectivity index (χ4n) is 2.37. The van der Waals surface area contributed by atoms with Crippen molar-refractivity contribution in [2.45, 2.75) is 18.8 Å². The number of pyridine rings is 1. The van der Waals surface area contributed by atoms with Crippen molar-refractivity contribution in [2.24, 2.45) is 0 Å². The van der Waals surface area contributed by atoms with Crippen molar-refractivity contribution in [3.05, 3.63) is 53.4 Å². The van der Waals surface area contributed by atoms with E-state index >= 15 is 0 Å². The monoisotopic (exact) mass is 281 g/mol. The van der Waals surface area contributed by atoms with Gasteiger partial charge in [-0.15, -0.1) is 0 Å². The molecule has 1 saturated carbocycles. The number of aromatic nitrogens is 3. The van der Waals surface area contributed by atoms with Crippen molar-refractivity contribution >= 4 is 22.5 Å². The summed E-state index contributed by atoms with van der Waals surface area (Å²) in [5, 5.41) is 1.60. The average molecular weight is 282 g/mol. The molecule has 0 N–H and O–H groups in total. The maximum Gasteiger partial charge on any atom is 0.161 e. The molecule has 0 unspecified atom stereocenters. The Morgan fingerprint density at radius 3 is 2.80 bits per heavy atom. The van der Waals surface area contributed by atoms with E-state index in [2.05, 4.69) is 21.0 Å². The van der Waals surface area contributed by atoms with Crippen LogP contribution in [0.4, 0.5) is 0 Å². The van der Waals surface area contributed by atoms with Gasteiger partial charge in [0.05, 0.1) is 5.52 Å². The van der Waals surface area contributed by atoms with E-state index < -0.39 is 0 Å². The van der Waals surface area contributed by atoms with Gasteiger partial charge in [-0.05, 0) is 43.2 Å².